The fraction of sp³-hybridized carbons (Fsp3) is 0.529. The first-order valence-electron chi connectivity index (χ1n) is 8.59. The van der Waals surface area contributed by atoms with Gasteiger partial charge in [0.1, 0.15) is 6.04 Å². The molecule has 144 valence electrons. The summed E-state index contributed by atoms with van der Waals surface area (Å²) in [5, 5.41) is 10.8. The Morgan fingerprint density at radius 1 is 1.27 bits per heavy atom. The lowest BCUT2D eigenvalue weighted by molar-refractivity contribution is -0.146. The van der Waals surface area contributed by atoms with Gasteiger partial charge in [-0.3, -0.25) is 14.9 Å². The van der Waals surface area contributed by atoms with Crippen LogP contribution in [0.5, 0.6) is 0 Å². The zero-order valence-corrected chi connectivity index (χ0v) is 15.6. The van der Waals surface area contributed by atoms with Crippen molar-refractivity contribution in [2.75, 3.05) is 19.7 Å². The highest BCUT2D eigenvalue weighted by molar-refractivity contribution is 7.89. The molecule has 9 heteroatoms. The lowest BCUT2D eigenvalue weighted by Crippen LogP contribution is -2.45. The summed E-state index contributed by atoms with van der Waals surface area (Å²) in [5.74, 6) is -0.266. The first-order chi connectivity index (χ1) is 12.3. The van der Waals surface area contributed by atoms with Crippen LogP contribution in [0.15, 0.2) is 29.2 Å². The molecular formula is C17H25N3O5S. The molecule has 0 heterocycles. The normalized spacial score (nSPS) is 15.3. The lowest BCUT2D eigenvalue weighted by atomic mass is 10.1. The highest BCUT2D eigenvalue weighted by atomic mass is 32.2. The number of ether oxygens (including phenoxy) is 1. The zero-order valence-electron chi connectivity index (χ0n) is 14.7. The molecule has 0 aromatic heterocycles. The van der Waals surface area contributed by atoms with E-state index in [4.69, 9.17) is 9.88 Å². The average molecular weight is 383 g/mol. The summed E-state index contributed by atoms with van der Waals surface area (Å²) in [5.41, 5.74) is 0.882. The van der Waals surface area contributed by atoms with Crippen molar-refractivity contribution in [3.8, 4) is 0 Å². The van der Waals surface area contributed by atoms with Gasteiger partial charge in [-0.2, -0.15) is 0 Å². The molecule has 1 aliphatic rings. The summed E-state index contributed by atoms with van der Waals surface area (Å²) in [6.45, 7) is 2.53. The molecule has 0 bridgehead atoms. The average Bonchev–Trinajstić information content (AvgIpc) is 3.40. The van der Waals surface area contributed by atoms with E-state index in [1.165, 1.54) is 12.1 Å². The van der Waals surface area contributed by atoms with Crippen molar-refractivity contribution in [1.82, 2.24) is 10.6 Å². The number of nitrogens with two attached hydrogens (primary N) is 1. The minimum absolute atomic E-state index is 0.0460. The van der Waals surface area contributed by atoms with Crippen molar-refractivity contribution in [3.63, 3.8) is 0 Å². The van der Waals surface area contributed by atoms with E-state index in [1.807, 2.05) is 0 Å². The topological polar surface area (TPSA) is 128 Å². The van der Waals surface area contributed by atoms with Crippen LogP contribution in [0.25, 0.3) is 0 Å². The third-order valence-corrected chi connectivity index (χ3v) is 5.03. The van der Waals surface area contributed by atoms with E-state index in [1.54, 1.807) is 19.1 Å². The van der Waals surface area contributed by atoms with Crippen LogP contribution < -0.4 is 15.8 Å². The van der Waals surface area contributed by atoms with E-state index in [9.17, 15) is 18.0 Å². The Morgan fingerprint density at radius 3 is 2.46 bits per heavy atom. The monoisotopic (exact) mass is 383 g/mol. The van der Waals surface area contributed by atoms with Gasteiger partial charge in [0.2, 0.25) is 15.9 Å². The van der Waals surface area contributed by atoms with E-state index >= 15 is 0 Å². The lowest BCUT2D eigenvalue weighted by Gasteiger charge is -2.16. The number of primary sulfonamides is 1. The number of rotatable bonds is 10. The van der Waals surface area contributed by atoms with Crippen LogP contribution in [0, 0.1) is 5.92 Å². The standard InChI is InChI=1S/C17H25N3O5S/c1-2-25-17(22)16(13-5-6-13)20-11-15(21)19-10-9-12-3-7-14(8-4-12)26(18,23)24/h3-4,7-8,13,16,20H,2,5-6,9-11H2,1H3,(H,19,21)(H2,18,23,24)/t16-/m1/s1. The predicted octanol–water partition coefficient (Wildman–Crippen LogP) is -0.0760. The molecule has 8 nitrogen and oxygen atoms in total. The molecule has 1 aromatic rings. The number of nitrogens with one attached hydrogen (secondary N) is 2. The molecule has 2 rings (SSSR count). The molecule has 0 aliphatic heterocycles. The van der Waals surface area contributed by atoms with E-state index in [0.29, 0.717) is 19.6 Å². The number of esters is 1. The Kier molecular flexibility index (Phi) is 7.13. The molecule has 0 saturated heterocycles. The minimum atomic E-state index is -3.70. The number of hydrogen-bond acceptors (Lipinski definition) is 6. The fourth-order valence-electron chi connectivity index (χ4n) is 2.56. The third kappa shape index (κ3) is 6.40. The molecule has 1 saturated carbocycles. The van der Waals surface area contributed by atoms with Crippen LogP contribution in [-0.2, 0) is 30.8 Å². The summed E-state index contributed by atoms with van der Waals surface area (Å²) in [4.78, 5) is 23.8. The van der Waals surface area contributed by atoms with Crippen LogP contribution in [0.3, 0.4) is 0 Å². The zero-order chi connectivity index (χ0) is 19.2. The van der Waals surface area contributed by atoms with E-state index in [0.717, 1.165) is 18.4 Å². The van der Waals surface area contributed by atoms with Gasteiger partial charge in [0.15, 0.2) is 0 Å². The molecule has 1 aromatic carbocycles. The molecule has 0 spiro atoms. The molecule has 26 heavy (non-hydrogen) atoms. The van der Waals surface area contributed by atoms with Crippen LogP contribution in [0.4, 0.5) is 0 Å². The molecule has 1 amide bonds. The Balaban J connectivity index is 1.72. The number of carbonyl (C=O) groups is 2. The summed E-state index contributed by atoms with van der Waals surface area (Å²) in [7, 11) is -3.70. The Hall–Kier alpha value is -1.97. The molecule has 0 unspecified atom stereocenters. The van der Waals surface area contributed by atoms with Crippen molar-refractivity contribution in [2.24, 2.45) is 11.1 Å². The highest BCUT2D eigenvalue weighted by Crippen LogP contribution is 2.33. The second kappa shape index (κ2) is 9.11. The third-order valence-electron chi connectivity index (χ3n) is 4.10. The number of carbonyl (C=O) groups excluding carboxylic acids is 2. The summed E-state index contributed by atoms with van der Waals surface area (Å²) in [6.07, 6.45) is 2.49. The highest BCUT2D eigenvalue weighted by Gasteiger charge is 2.37. The number of sulfonamides is 1. The summed E-state index contributed by atoms with van der Waals surface area (Å²) in [6, 6.07) is 5.77. The molecule has 0 radical (unpaired) electrons. The van der Waals surface area contributed by atoms with E-state index in [2.05, 4.69) is 10.6 Å². The first kappa shape index (κ1) is 20.3. The largest absolute Gasteiger partial charge is 0.465 e. The summed E-state index contributed by atoms with van der Waals surface area (Å²) >= 11 is 0. The second-order valence-electron chi connectivity index (χ2n) is 6.24. The fourth-order valence-corrected chi connectivity index (χ4v) is 3.08. The van der Waals surface area contributed by atoms with Crippen molar-refractivity contribution < 1.29 is 22.7 Å². The first-order valence-corrected chi connectivity index (χ1v) is 10.1. The molecule has 4 N–H and O–H groups in total. The predicted molar refractivity (Wildman–Crippen MR) is 95.7 cm³/mol. The van der Waals surface area contributed by atoms with Gasteiger partial charge >= 0.3 is 5.97 Å². The number of benzene rings is 1. The van der Waals surface area contributed by atoms with Crippen LogP contribution in [0.1, 0.15) is 25.3 Å². The molecule has 1 fully saturated rings. The molecular weight excluding hydrogens is 358 g/mol. The van der Waals surface area contributed by atoms with Gasteiger partial charge in [0.05, 0.1) is 18.0 Å². The molecule has 1 aliphatic carbocycles. The van der Waals surface area contributed by atoms with Crippen molar-refractivity contribution in [1.29, 1.82) is 0 Å². The Labute approximate surface area is 153 Å². The van der Waals surface area contributed by atoms with Gasteiger partial charge in [0, 0.05) is 6.54 Å². The molecule has 1 atom stereocenters. The van der Waals surface area contributed by atoms with Crippen LogP contribution in [-0.4, -0.2) is 46.0 Å². The van der Waals surface area contributed by atoms with Gasteiger partial charge < -0.3 is 10.1 Å². The van der Waals surface area contributed by atoms with Gasteiger partial charge in [-0.25, -0.2) is 13.6 Å². The SMILES string of the molecule is CCOC(=O)[C@H](NCC(=O)NCCc1ccc(S(N)(=O)=O)cc1)C1CC1. The minimum Gasteiger partial charge on any atom is -0.465 e. The Bertz CT molecular complexity index is 729. The van der Waals surface area contributed by atoms with Gasteiger partial charge in [-0.05, 0) is 49.8 Å². The number of amides is 1. The van der Waals surface area contributed by atoms with E-state index < -0.39 is 16.1 Å². The van der Waals surface area contributed by atoms with Gasteiger partial charge in [0.25, 0.3) is 0 Å². The van der Waals surface area contributed by atoms with Crippen molar-refractivity contribution in [3.05, 3.63) is 29.8 Å². The van der Waals surface area contributed by atoms with Gasteiger partial charge in [-0.1, -0.05) is 12.1 Å². The number of hydrogen-bond donors (Lipinski definition) is 3. The summed E-state index contributed by atoms with van der Waals surface area (Å²) < 4.78 is 27.4. The van der Waals surface area contributed by atoms with Crippen LogP contribution >= 0.6 is 0 Å². The maximum absolute atomic E-state index is 11.9. The van der Waals surface area contributed by atoms with E-state index in [-0.39, 0.29) is 29.2 Å². The van der Waals surface area contributed by atoms with Crippen LogP contribution in [0.2, 0.25) is 0 Å². The maximum Gasteiger partial charge on any atom is 0.323 e. The Morgan fingerprint density at radius 2 is 1.92 bits per heavy atom. The van der Waals surface area contributed by atoms with Crippen molar-refractivity contribution in [2.45, 2.75) is 37.1 Å². The maximum atomic E-state index is 11.9. The van der Waals surface area contributed by atoms with Crippen molar-refractivity contribution >= 4 is 21.9 Å². The second-order valence-corrected chi connectivity index (χ2v) is 7.80. The quantitative estimate of drug-likeness (QED) is 0.485. The van der Waals surface area contributed by atoms with Gasteiger partial charge in [-0.15, -0.1) is 0 Å². The smallest absolute Gasteiger partial charge is 0.323 e.